The molecule has 2 N–H and O–H groups in total. The van der Waals surface area contributed by atoms with Gasteiger partial charge in [0.2, 0.25) is 10.0 Å². The molecule has 1 aromatic carbocycles. The number of rotatable bonds is 7. The van der Waals surface area contributed by atoms with Crippen molar-refractivity contribution < 1.29 is 8.42 Å². The summed E-state index contributed by atoms with van der Waals surface area (Å²) < 4.78 is 27.2. The number of piperidine rings is 1. The van der Waals surface area contributed by atoms with Gasteiger partial charge in [0, 0.05) is 32.2 Å². The Morgan fingerprint density at radius 1 is 1.11 bits per heavy atom. The van der Waals surface area contributed by atoms with Gasteiger partial charge in [-0.15, -0.1) is 0 Å². The van der Waals surface area contributed by atoms with Crippen LogP contribution in [0, 0.1) is 6.92 Å². The van der Waals surface area contributed by atoms with Crippen LogP contribution < -0.4 is 14.9 Å². The molecule has 2 heterocycles. The van der Waals surface area contributed by atoms with Crippen LogP contribution in [0.1, 0.15) is 25.1 Å². The maximum Gasteiger partial charge on any atom is 0.242 e. The van der Waals surface area contributed by atoms with Crippen molar-refractivity contribution in [2.45, 2.75) is 31.1 Å². The monoisotopic (exact) mass is 409 g/mol. The highest BCUT2D eigenvalue weighted by molar-refractivity contribution is 7.89. The lowest BCUT2D eigenvalue weighted by Gasteiger charge is -2.28. The van der Waals surface area contributed by atoms with Crippen molar-refractivity contribution in [1.29, 1.82) is 0 Å². The summed E-state index contributed by atoms with van der Waals surface area (Å²) in [7, 11) is -3.64. The molecule has 0 saturated carbocycles. The summed E-state index contributed by atoms with van der Waals surface area (Å²) in [4.78, 5) is 11.3. The number of sulfonamides is 1. The van der Waals surface area contributed by atoms with Gasteiger partial charge in [-0.3, -0.25) is 0 Å². The largest absolute Gasteiger partial charge is 0.369 e. The molecule has 1 aliphatic rings. The maximum atomic E-state index is 12.3. The zero-order chi connectivity index (χ0) is 19.3. The minimum absolute atomic E-state index is 0.0805. The van der Waals surface area contributed by atoms with E-state index in [0.29, 0.717) is 18.2 Å². The van der Waals surface area contributed by atoms with Crippen LogP contribution in [0.15, 0.2) is 35.2 Å². The number of benzene rings is 1. The van der Waals surface area contributed by atoms with Crippen LogP contribution in [0.4, 0.5) is 11.6 Å². The third kappa shape index (κ3) is 5.31. The van der Waals surface area contributed by atoms with Crippen molar-refractivity contribution >= 4 is 33.3 Å². The molecule has 1 fully saturated rings. The first-order chi connectivity index (χ1) is 13.0. The van der Waals surface area contributed by atoms with E-state index >= 15 is 0 Å². The summed E-state index contributed by atoms with van der Waals surface area (Å²) in [6, 6.07) is 8.29. The molecular weight excluding hydrogens is 386 g/mol. The Labute approximate surface area is 165 Å². The number of hydrogen-bond acceptors (Lipinski definition) is 6. The Morgan fingerprint density at radius 2 is 1.85 bits per heavy atom. The molecule has 0 radical (unpaired) electrons. The van der Waals surface area contributed by atoms with Gasteiger partial charge in [0.1, 0.15) is 22.4 Å². The minimum Gasteiger partial charge on any atom is -0.369 e. The van der Waals surface area contributed by atoms with Gasteiger partial charge < -0.3 is 10.2 Å². The van der Waals surface area contributed by atoms with Gasteiger partial charge in [-0.25, -0.2) is 23.1 Å². The van der Waals surface area contributed by atoms with E-state index < -0.39 is 10.0 Å². The van der Waals surface area contributed by atoms with Crippen molar-refractivity contribution in [3.05, 3.63) is 41.2 Å². The quantitative estimate of drug-likeness (QED) is 0.684. The summed E-state index contributed by atoms with van der Waals surface area (Å²) in [5.74, 6) is 2.30. The van der Waals surface area contributed by atoms with Crippen LogP contribution in [-0.4, -0.2) is 44.6 Å². The molecular formula is C18H24ClN5O2S. The molecule has 146 valence electrons. The number of anilines is 2. The van der Waals surface area contributed by atoms with Crippen LogP contribution in [0.5, 0.6) is 0 Å². The predicted octanol–water partition coefficient (Wildman–Crippen LogP) is 2.82. The topological polar surface area (TPSA) is 87.2 Å². The van der Waals surface area contributed by atoms with Crippen LogP contribution in [-0.2, 0) is 10.0 Å². The molecule has 3 rings (SSSR count). The van der Waals surface area contributed by atoms with E-state index in [1.54, 1.807) is 18.2 Å². The normalized spacial score (nSPS) is 15.0. The first-order valence-corrected chi connectivity index (χ1v) is 10.9. The molecule has 0 bridgehead atoms. The van der Waals surface area contributed by atoms with Crippen molar-refractivity contribution in [2.75, 3.05) is 36.4 Å². The van der Waals surface area contributed by atoms with Gasteiger partial charge in [-0.1, -0.05) is 23.7 Å². The molecule has 1 aromatic heterocycles. The van der Waals surface area contributed by atoms with Crippen LogP contribution >= 0.6 is 11.6 Å². The van der Waals surface area contributed by atoms with Gasteiger partial charge in [-0.2, -0.15) is 0 Å². The van der Waals surface area contributed by atoms with E-state index in [4.69, 9.17) is 11.6 Å². The fourth-order valence-corrected chi connectivity index (χ4v) is 4.59. The molecule has 0 aliphatic carbocycles. The molecule has 0 atom stereocenters. The molecule has 2 aromatic rings. The summed E-state index contributed by atoms with van der Waals surface area (Å²) in [5.41, 5.74) is 0. The number of nitrogens with one attached hydrogen (secondary N) is 2. The lowest BCUT2D eigenvalue weighted by Crippen LogP contribution is -2.31. The second-order valence-corrected chi connectivity index (χ2v) is 8.60. The maximum absolute atomic E-state index is 12.3. The van der Waals surface area contributed by atoms with Gasteiger partial charge in [0.25, 0.3) is 0 Å². The van der Waals surface area contributed by atoms with Crippen LogP contribution in [0.3, 0.4) is 0 Å². The van der Waals surface area contributed by atoms with Crippen LogP contribution in [0.25, 0.3) is 0 Å². The summed E-state index contributed by atoms with van der Waals surface area (Å²) in [6.45, 7) is 4.50. The Kier molecular flexibility index (Phi) is 6.51. The van der Waals surface area contributed by atoms with Crippen molar-refractivity contribution in [1.82, 2.24) is 14.7 Å². The number of aryl methyl sites for hydroxylation is 1. The SMILES string of the molecule is Cc1nc(NCCNS(=O)(=O)c2ccccc2Cl)cc(N2CCCCC2)n1. The molecule has 1 saturated heterocycles. The predicted molar refractivity (Wildman–Crippen MR) is 108 cm³/mol. The highest BCUT2D eigenvalue weighted by Gasteiger charge is 2.17. The lowest BCUT2D eigenvalue weighted by molar-refractivity contribution is 0.572. The van der Waals surface area contributed by atoms with Gasteiger partial charge >= 0.3 is 0 Å². The fourth-order valence-electron chi connectivity index (χ4n) is 3.04. The smallest absolute Gasteiger partial charge is 0.242 e. The third-order valence-electron chi connectivity index (χ3n) is 4.35. The highest BCUT2D eigenvalue weighted by Crippen LogP contribution is 2.21. The van der Waals surface area contributed by atoms with Crippen molar-refractivity contribution in [3.63, 3.8) is 0 Å². The highest BCUT2D eigenvalue weighted by atomic mass is 35.5. The zero-order valence-corrected chi connectivity index (χ0v) is 16.9. The number of halogens is 1. The number of aromatic nitrogens is 2. The molecule has 27 heavy (non-hydrogen) atoms. The Morgan fingerprint density at radius 3 is 2.59 bits per heavy atom. The van der Waals surface area contributed by atoms with E-state index in [1.165, 1.54) is 25.3 Å². The molecule has 7 nitrogen and oxygen atoms in total. The zero-order valence-electron chi connectivity index (χ0n) is 15.3. The Balaban J connectivity index is 1.57. The summed E-state index contributed by atoms with van der Waals surface area (Å²) >= 11 is 5.97. The van der Waals surface area contributed by atoms with E-state index in [0.717, 1.165) is 18.9 Å². The number of nitrogens with zero attached hydrogens (tertiary/aromatic N) is 3. The van der Waals surface area contributed by atoms with E-state index in [2.05, 4.69) is 24.9 Å². The van der Waals surface area contributed by atoms with Crippen molar-refractivity contribution in [2.24, 2.45) is 0 Å². The second-order valence-electron chi connectivity index (χ2n) is 6.46. The molecule has 9 heteroatoms. The van der Waals surface area contributed by atoms with Gasteiger partial charge in [-0.05, 0) is 38.3 Å². The van der Waals surface area contributed by atoms with E-state index in [-0.39, 0.29) is 16.5 Å². The van der Waals surface area contributed by atoms with E-state index in [9.17, 15) is 8.42 Å². The Hall–Kier alpha value is -1.90. The molecule has 0 amide bonds. The average molecular weight is 410 g/mol. The van der Waals surface area contributed by atoms with Gasteiger partial charge in [0.15, 0.2) is 0 Å². The Bertz CT molecular complexity index is 885. The third-order valence-corrected chi connectivity index (χ3v) is 6.31. The summed E-state index contributed by atoms with van der Waals surface area (Å²) in [6.07, 6.45) is 3.61. The molecule has 0 spiro atoms. The standard InChI is InChI=1S/C18H24ClN5O2S/c1-14-22-17(13-18(23-14)24-11-5-2-6-12-24)20-9-10-21-27(25,26)16-8-4-3-7-15(16)19/h3-4,7-8,13,21H,2,5-6,9-12H2,1H3,(H,20,22,23). The van der Waals surface area contributed by atoms with Crippen LogP contribution in [0.2, 0.25) is 5.02 Å². The first kappa shape index (κ1) is 19.9. The van der Waals surface area contributed by atoms with Crippen molar-refractivity contribution in [3.8, 4) is 0 Å². The second kappa shape index (κ2) is 8.86. The number of hydrogen-bond donors (Lipinski definition) is 2. The fraction of sp³-hybridized carbons (Fsp3) is 0.444. The summed E-state index contributed by atoms with van der Waals surface area (Å²) in [5, 5.41) is 3.37. The van der Waals surface area contributed by atoms with Gasteiger partial charge in [0.05, 0.1) is 5.02 Å². The molecule has 0 unspecified atom stereocenters. The molecule has 1 aliphatic heterocycles. The first-order valence-electron chi connectivity index (χ1n) is 9.04. The minimum atomic E-state index is -3.64. The average Bonchev–Trinajstić information content (AvgIpc) is 2.66. The van der Waals surface area contributed by atoms with E-state index in [1.807, 2.05) is 13.0 Å². The lowest BCUT2D eigenvalue weighted by atomic mass is 10.1.